The molecule has 0 atom stereocenters. The summed E-state index contributed by atoms with van der Waals surface area (Å²) in [6, 6.07) is 16.5. The molecule has 2 aliphatic rings. The van der Waals surface area contributed by atoms with Gasteiger partial charge in [-0.15, -0.1) is 0 Å². The molecule has 4 rings (SSSR count). The van der Waals surface area contributed by atoms with Crippen LogP contribution in [0.2, 0.25) is 0 Å². The van der Waals surface area contributed by atoms with Crippen molar-refractivity contribution in [2.45, 2.75) is 44.9 Å². The molecule has 0 heterocycles. The van der Waals surface area contributed by atoms with E-state index in [-0.39, 0.29) is 30.9 Å². The number of carbonyl (C=O) groups is 3. The molecule has 7 heteroatoms. The van der Waals surface area contributed by atoms with E-state index in [1.54, 1.807) is 0 Å². The van der Waals surface area contributed by atoms with Crippen molar-refractivity contribution in [2.24, 2.45) is 11.8 Å². The van der Waals surface area contributed by atoms with Gasteiger partial charge in [0.1, 0.15) is 13.2 Å². The van der Waals surface area contributed by atoms with Gasteiger partial charge in [0.05, 0.1) is 0 Å². The average Bonchev–Trinajstić information content (AvgIpc) is 3.19. The highest BCUT2D eigenvalue weighted by atomic mass is 16.5. The first-order valence-corrected chi connectivity index (χ1v) is 12.6. The summed E-state index contributed by atoms with van der Waals surface area (Å²) in [6.45, 7) is 2.97. The van der Waals surface area contributed by atoms with Crippen molar-refractivity contribution < 1.29 is 24.2 Å². The van der Waals surface area contributed by atoms with Crippen molar-refractivity contribution in [2.75, 3.05) is 26.2 Å². The monoisotopic (exact) mass is 478 g/mol. The Hall–Kier alpha value is -3.35. The molecule has 2 aromatic carbocycles. The number of hydrogen-bond acceptors (Lipinski definition) is 4. The van der Waals surface area contributed by atoms with E-state index < -0.39 is 12.1 Å². The van der Waals surface area contributed by atoms with E-state index in [0.717, 1.165) is 32.1 Å². The largest absolute Gasteiger partial charge is 0.480 e. The predicted octanol–water partition coefficient (Wildman–Crippen LogP) is 4.65. The second kappa shape index (κ2) is 11.4. The van der Waals surface area contributed by atoms with Crippen LogP contribution in [0.3, 0.4) is 0 Å². The van der Waals surface area contributed by atoms with Crippen LogP contribution in [0.25, 0.3) is 11.1 Å². The Morgan fingerprint density at radius 1 is 0.971 bits per heavy atom. The summed E-state index contributed by atoms with van der Waals surface area (Å²) in [5.41, 5.74) is 4.77. The summed E-state index contributed by atoms with van der Waals surface area (Å²) >= 11 is 0. The highest BCUT2D eigenvalue weighted by Gasteiger charge is 2.31. The van der Waals surface area contributed by atoms with Crippen LogP contribution in [0.1, 0.15) is 56.1 Å². The summed E-state index contributed by atoms with van der Waals surface area (Å²) in [5, 5.41) is 12.0. The molecule has 7 nitrogen and oxygen atoms in total. The molecule has 1 saturated carbocycles. The van der Waals surface area contributed by atoms with E-state index in [1.165, 1.54) is 27.2 Å². The third-order valence-electron chi connectivity index (χ3n) is 7.21. The third-order valence-corrected chi connectivity index (χ3v) is 7.21. The molecule has 2 amide bonds. The Morgan fingerprint density at radius 3 is 2.14 bits per heavy atom. The average molecular weight is 479 g/mol. The number of nitrogens with one attached hydrogen (secondary N) is 1. The van der Waals surface area contributed by atoms with Gasteiger partial charge in [-0.25, -0.2) is 4.79 Å². The first kappa shape index (κ1) is 24.8. The number of amides is 2. The molecular formula is C28H34N2O5. The van der Waals surface area contributed by atoms with E-state index in [1.807, 2.05) is 31.2 Å². The van der Waals surface area contributed by atoms with Crippen LogP contribution in [0.4, 0.5) is 4.79 Å². The standard InChI is InChI=1S/C28H34N2O5/c1-2-15-30(17-26(31)32)27(33)20-13-11-19(12-14-20)16-29-28(34)35-18-25-23-9-5-3-7-21(23)22-8-4-6-10-24(22)25/h3-10,19-20,25H,2,11-18H2,1H3,(H,29,34)(H,31,32). The second-order valence-electron chi connectivity index (χ2n) is 9.58. The molecule has 0 bridgehead atoms. The number of carbonyl (C=O) groups excluding carboxylic acids is 2. The Labute approximate surface area is 206 Å². The number of carboxylic acids is 1. The van der Waals surface area contributed by atoms with Crippen LogP contribution < -0.4 is 5.32 Å². The summed E-state index contributed by atoms with van der Waals surface area (Å²) in [5.74, 6) is -0.846. The summed E-state index contributed by atoms with van der Waals surface area (Å²) in [7, 11) is 0. The molecule has 0 saturated heterocycles. The minimum absolute atomic E-state index is 0.0338. The zero-order chi connectivity index (χ0) is 24.8. The molecule has 2 aromatic rings. The van der Waals surface area contributed by atoms with E-state index in [0.29, 0.717) is 19.0 Å². The summed E-state index contributed by atoms with van der Waals surface area (Å²) in [4.78, 5) is 37.8. The number of nitrogens with zero attached hydrogens (tertiary/aromatic N) is 1. The van der Waals surface area contributed by atoms with E-state index in [9.17, 15) is 14.4 Å². The number of rotatable bonds is 9. The lowest BCUT2D eigenvalue weighted by atomic mass is 9.81. The van der Waals surface area contributed by atoms with E-state index in [2.05, 4.69) is 29.6 Å². The molecule has 0 unspecified atom stereocenters. The lowest BCUT2D eigenvalue weighted by Gasteiger charge is -2.31. The van der Waals surface area contributed by atoms with E-state index >= 15 is 0 Å². The number of alkyl carbamates (subject to hydrolysis) is 1. The number of hydrogen-bond donors (Lipinski definition) is 2. The first-order valence-electron chi connectivity index (χ1n) is 12.6. The Morgan fingerprint density at radius 2 is 1.57 bits per heavy atom. The maximum absolute atomic E-state index is 12.8. The maximum atomic E-state index is 12.8. The van der Waals surface area contributed by atoms with Gasteiger partial charge in [0.25, 0.3) is 0 Å². The topological polar surface area (TPSA) is 95.9 Å². The van der Waals surface area contributed by atoms with Crippen LogP contribution in [0.15, 0.2) is 48.5 Å². The maximum Gasteiger partial charge on any atom is 0.407 e. The first-order chi connectivity index (χ1) is 17.0. The quantitative estimate of drug-likeness (QED) is 0.547. The summed E-state index contributed by atoms with van der Waals surface area (Å²) < 4.78 is 5.62. The lowest BCUT2D eigenvalue weighted by molar-refractivity contribution is -0.147. The van der Waals surface area contributed by atoms with Gasteiger partial charge in [0.2, 0.25) is 5.91 Å². The van der Waals surface area contributed by atoms with Crippen LogP contribution >= 0.6 is 0 Å². The molecule has 35 heavy (non-hydrogen) atoms. The number of ether oxygens (including phenoxy) is 1. The second-order valence-corrected chi connectivity index (χ2v) is 9.58. The number of carboxylic acid groups (broad SMARTS) is 1. The van der Waals surface area contributed by atoms with Gasteiger partial charge in [-0.2, -0.15) is 0 Å². The third kappa shape index (κ3) is 5.84. The number of benzene rings is 2. The SMILES string of the molecule is CCCN(CC(=O)O)C(=O)C1CCC(CNC(=O)OCC2c3ccccc3-c3ccccc32)CC1. The van der Waals surface area contributed by atoms with Gasteiger partial charge >= 0.3 is 12.1 Å². The molecule has 1 fully saturated rings. The van der Waals surface area contributed by atoms with Gasteiger partial charge in [-0.1, -0.05) is 55.5 Å². The minimum Gasteiger partial charge on any atom is -0.480 e. The molecule has 0 aliphatic heterocycles. The fourth-order valence-electron chi connectivity index (χ4n) is 5.45. The van der Waals surface area contributed by atoms with Crippen molar-refractivity contribution in [1.29, 1.82) is 0 Å². The fourth-order valence-corrected chi connectivity index (χ4v) is 5.45. The molecule has 186 valence electrons. The van der Waals surface area contributed by atoms with Crippen LogP contribution in [-0.4, -0.2) is 54.2 Å². The van der Waals surface area contributed by atoms with Gasteiger partial charge in [-0.05, 0) is 60.3 Å². The zero-order valence-corrected chi connectivity index (χ0v) is 20.2. The normalized spacial score (nSPS) is 18.9. The Bertz CT molecular complexity index is 1020. The fraction of sp³-hybridized carbons (Fsp3) is 0.464. The molecule has 0 spiro atoms. The minimum atomic E-state index is -0.979. The van der Waals surface area contributed by atoms with Gasteiger partial charge in [0.15, 0.2) is 0 Å². The van der Waals surface area contributed by atoms with Crippen LogP contribution in [0, 0.1) is 11.8 Å². The molecule has 0 aromatic heterocycles. The molecule has 0 radical (unpaired) electrons. The van der Waals surface area contributed by atoms with Crippen molar-refractivity contribution >= 4 is 18.0 Å². The number of aliphatic carboxylic acids is 1. The van der Waals surface area contributed by atoms with E-state index in [4.69, 9.17) is 9.84 Å². The van der Waals surface area contributed by atoms with Crippen LogP contribution in [0.5, 0.6) is 0 Å². The van der Waals surface area contributed by atoms with Crippen molar-refractivity contribution in [3.8, 4) is 11.1 Å². The highest BCUT2D eigenvalue weighted by molar-refractivity contribution is 5.83. The van der Waals surface area contributed by atoms with Crippen molar-refractivity contribution in [3.63, 3.8) is 0 Å². The Balaban J connectivity index is 1.23. The number of fused-ring (bicyclic) bond motifs is 3. The molecule has 2 aliphatic carbocycles. The van der Waals surface area contributed by atoms with Crippen molar-refractivity contribution in [3.05, 3.63) is 59.7 Å². The van der Waals surface area contributed by atoms with Gasteiger partial charge < -0.3 is 20.1 Å². The van der Waals surface area contributed by atoms with Gasteiger partial charge in [-0.3, -0.25) is 9.59 Å². The lowest BCUT2D eigenvalue weighted by Crippen LogP contribution is -2.42. The smallest absolute Gasteiger partial charge is 0.407 e. The van der Waals surface area contributed by atoms with Gasteiger partial charge in [0, 0.05) is 24.9 Å². The Kier molecular flexibility index (Phi) is 8.06. The van der Waals surface area contributed by atoms with Crippen molar-refractivity contribution in [1.82, 2.24) is 10.2 Å². The highest BCUT2D eigenvalue weighted by Crippen LogP contribution is 2.44. The van der Waals surface area contributed by atoms with Crippen LogP contribution in [-0.2, 0) is 14.3 Å². The predicted molar refractivity (Wildman–Crippen MR) is 133 cm³/mol. The summed E-state index contributed by atoms with van der Waals surface area (Å²) in [6.07, 6.45) is 3.41. The molecular weight excluding hydrogens is 444 g/mol. The molecule has 2 N–H and O–H groups in total. The zero-order valence-electron chi connectivity index (χ0n) is 20.2.